The van der Waals surface area contributed by atoms with E-state index in [4.69, 9.17) is 17.0 Å². The summed E-state index contributed by atoms with van der Waals surface area (Å²) in [5, 5.41) is 6.97. The molecule has 0 aliphatic rings. The van der Waals surface area contributed by atoms with E-state index < -0.39 is 5.97 Å². The van der Waals surface area contributed by atoms with Gasteiger partial charge in [-0.25, -0.2) is 9.18 Å². The second-order valence-corrected chi connectivity index (χ2v) is 7.47. The van der Waals surface area contributed by atoms with Crippen LogP contribution in [0.3, 0.4) is 0 Å². The first-order chi connectivity index (χ1) is 13.5. The van der Waals surface area contributed by atoms with Crippen LogP contribution in [0.25, 0.3) is 0 Å². The van der Waals surface area contributed by atoms with Crippen molar-refractivity contribution < 1.29 is 13.9 Å². The number of carbonyl (C=O) groups is 1. The first kappa shape index (κ1) is 20.0. The molecule has 2 aromatic carbocycles. The number of carbonyl (C=O) groups excluding carboxylic acids is 1. The van der Waals surface area contributed by atoms with Crippen LogP contribution in [-0.2, 0) is 11.2 Å². The zero-order chi connectivity index (χ0) is 19.9. The number of ether oxygens (including phenoxy) is 1. The van der Waals surface area contributed by atoms with Crippen LogP contribution in [0, 0.1) is 5.82 Å². The van der Waals surface area contributed by atoms with Crippen molar-refractivity contribution in [2.45, 2.75) is 13.3 Å². The molecular formula is C21H19FN2O2S2. The van der Waals surface area contributed by atoms with Gasteiger partial charge >= 0.3 is 5.97 Å². The molecule has 1 heterocycles. The molecule has 0 saturated heterocycles. The molecule has 28 heavy (non-hydrogen) atoms. The molecule has 3 aromatic rings. The lowest BCUT2D eigenvalue weighted by Crippen LogP contribution is -2.20. The van der Waals surface area contributed by atoms with Gasteiger partial charge < -0.3 is 15.4 Å². The van der Waals surface area contributed by atoms with E-state index in [1.54, 1.807) is 19.1 Å². The maximum atomic E-state index is 13.0. The van der Waals surface area contributed by atoms with E-state index in [2.05, 4.69) is 10.6 Å². The van der Waals surface area contributed by atoms with Crippen LogP contribution in [0.5, 0.6) is 0 Å². The number of thiophene rings is 1. The molecular weight excluding hydrogens is 395 g/mol. The quantitative estimate of drug-likeness (QED) is 0.414. The molecule has 0 fully saturated rings. The zero-order valence-corrected chi connectivity index (χ0v) is 16.8. The summed E-state index contributed by atoms with van der Waals surface area (Å²) < 4.78 is 18.2. The Balaban J connectivity index is 1.78. The molecule has 0 bridgehead atoms. The van der Waals surface area contributed by atoms with Crippen molar-refractivity contribution >= 4 is 45.3 Å². The predicted molar refractivity (Wildman–Crippen MR) is 116 cm³/mol. The summed E-state index contributed by atoms with van der Waals surface area (Å²) in [5.74, 6) is -0.719. The van der Waals surface area contributed by atoms with E-state index in [9.17, 15) is 9.18 Å². The van der Waals surface area contributed by atoms with Crippen molar-refractivity contribution in [3.8, 4) is 0 Å². The Morgan fingerprint density at radius 2 is 1.82 bits per heavy atom. The van der Waals surface area contributed by atoms with Crippen LogP contribution in [0.1, 0.15) is 27.7 Å². The summed E-state index contributed by atoms with van der Waals surface area (Å²) in [6, 6.07) is 17.7. The molecule has 144 valence electrons. The molecule has 0 spiro atoms. The second kappa shape index (κ2) is 9.43. The molecule has 7 heteroatoms. The summed E-state index contributed by atoms with van der Waals surface area (Å²) in [5.41, 5.74) is 2.25. The van der Waals surface area contributed by atoms with Gasteiger partial charge in [0.15, 0.2) is 5.11 Å². The summed E-state index contributed by atoms with van der Waals surface area (Å²) >= 11 is 6.79. The average Bonchev–Trinajstić information content (AvgIpc) is 3.06. The molecule has 0 aliphatic carbocycles. The molecule has 0 amide bonds. The van der Waals surface area contributed by atoms with Gasteiger partial charge in [-0.2, -0.15) is 0 Å². The minimum Gasteiger partial charge on any atom is -0.462 e. The Labute approximate surface area is 172 Å². The van der Waals surface area contributed by atoms with Gasteiger partial charge in [0.1, 0.15) is 10.8 Å². The molecule has 0 saturated carbocycles. The number of hydrogen-bond acceptors (Lipinski definition) is 4. The third kappa shape index (κ3) is 5.37. The Hall–Kier alpha value is -2.77. The van der Waals surface area contributed by atoms with Gasteiger partial charge in [-0.15, -0.1) is 11.3 Å². The first-order valence-corrected chi connectivity index (χ1v) is 9.95. The van der Waals surface area contributed by atoms with E-state index in [0.29, 0.717) is 34.4 Å². The number of thiocarbonyl (C=S) groups is 1. The number of hydrogen-bond donors (Lipinski definition) is 2. The fraction of sp³-hybridized carbons (Fsp3) is 0.143. The molecule has 1 aromatic heterocycles. The van der Waals surface area contributed by atoms with Crippen LogP contribution in [0.2, 0.25) is 0 Å². The summed E-state index contributed by atoms with van der Waals surface area (Å²) in [4.78, 5) is 13.4. The fourth-order valence-corrected chi connectivity index (χ4v) is 3.95. The minimum absolute atomic E-state index is 0.292. The summed E-state index contributed by atoms with van der Waals surface area (Å²) in [6.45, 7) is 2.06. The maximum Gasteiger partial charge on any atom is 0.341 e. The zero-order valence-electron chi connectivity index (χ0n) is 15.2. The number of nitrogens with one attached hydrogen (secondary N) is 2. The van der Waals surface area contributed by atoms with Crippen LogP contribution >= 0.6 is 23.6 Å². The molecule has 0 aliphatic heterocycles. The Kier molecular flexibility index (Phi) is 6.73. The lowest BCUT2D eigenvalue weighted by Gasteiger charge is -2.10. The Bertz CT molecular complexity index is 956. The van der Waals surface area contributed by atoms with Crippen molar-refractivity contribution in [1.82, 2.24) is 0 Å². The molecule has 0 radical (unpaired) electrons. The van der Waals surface area contributed by atoms with Crippen LogP contribution < -0.4 is 10.6 Å². The highest BCUT2D eigenvalue weighted by molar-refractivity contribution is 7.80. The number of benzene rings is 2. The third-order valence-electron chi connectivity index (χ3n) is 3.83. The van der Waals surface area contributed by atoms with E-state index in [1.807, 2.05) is 36.4 Å². The van der Waals surface area contributed by atoms with Crippen LogP contribution in [0.4, 0.5) is 15.1 Å². The fourth-order valence-electron chi connectivity index (χ4n) is 2.58. The number of rotatable bonds is 6. The van der Waals surface area contributed by atoms with Gasteiger partial charge in [0.25, 0.3) is 0 Å². The molecule has 0 atom stereocenters. The molecule has 4 nitrogen and oxygen atoms in total. The number of esters is 1. The van der Waals surface area contributed by atoms with E-state index >= 15 is 0 Å². The SMILES string of the molecule is CCOC(=O)c1cc(Cc2ccccc2)sc1NC(=S)Nc1ccc(F)cc1. The second-order valence-electron chi connectivity index (χ2n) is 5.92. The van der Waals surface area contributed by atoms with Crippen LogP contribution in [0.15, 0.2) is 60.7 Å². The normalized spacial score (nSPS) is 10.4. The van der Waals surface area contributed by atoms with Gasteiger partial charge in [0.05, 0.1) is 12.2 Å². The lowest BCUT2D eigenvalue weighted by molar-refractivity contribution is 0.0528. The summed E-state index contributed by atoms with van der Waals surface area (Å²) in [7, 11) is 0. The van der Waals surface area contributed by atoms with Crippen molar-refractivity contribution in [1.29, 1.82) is 0 Å². The van der Waals surface area contributed by atoms with Gasteiger partial charge in [-0.05, 0) is 55.0 Å². The minimum atomic E-state index is -0.398. The van der Waals surface area contributed by atoms with E-state index in [-0.39, 0.29) is 5.82 Å². The Morgan fingerprint density at radius 1 is 1.11 bits per heavy atom. The standard InChI is InChI=1S/C21H19FN2O2S2/c1-2-26-20(25)18-13-17(12-14-6-4-3-5-7-14)28-19(18)24-21(27)23-16-10-8-15(22)9-11-16/h3-11,13H,2,12H2,1H3,(H2,23,24,27). The maximum absolute atomic E-state index is 13.0. The van der Waals surface area contributed by atoms with Crippen molar-refractivity contribution in [3.05, 3.63) is 82.5 Å². The third-order valence-corrected chi connectivity index (χ3v) is 5.08. The highest BCUT2D eigenvalue weighted by Gasteiger charge is 2.18. The first-order valence-electron chi connectivity index (χ1n) is 8.72. The average molecular weight is 415 g/mol. The number of anilines is 2. The summed E-state index contributed by atoms with van der Waals surface area (Å²) in [6.07, 6.45) is 0.706. The highest BCUT2D eigenvalue weighted by Crippen LogP contribution is 2.31. The van der Waals surface area contributed by atoms with E-state index in [1.165, 1.54) is 23.5 Å². The monoisotopic (exact) mass is 414 g/mol. The van der Waals surface area contributed by atoms with Gasteiger partial charge in [0, 0.05) is 17.0 Å². The predicted octanol–water partition coefficient (Wildman–Crippen LogP) is 5.46. The highest BCUT2D eigenvalue weighted by atomic mass is 32.1. The lowest BCUT2D eigenvalue weighted by atomic mass is 10.1. The van der Waals surface area contributed by atoms with Gasteiger partial charge in [-0.3, -0.25) is 0 Å². The van der Waals surface area contributed by atoms with Gasteiger partial charge in [0.2, 0.25) is 0 Å². The largest absolute Gasteiger partial charge is 0.462 e. The van der Waals surface area contributed by atoms with Crippen molar-refractivity contribution in [2.75, 3.05) is 17.2 Å². The molecule has 0 unspecified atom stereocenters. The smallest absolute Gasteiger partial charge is 0.341 e. The number of halogens is 1. The topological polar surface area (TPSA) is 50.4 Å². The van der Waals surface area contributed by atoms with E-state index in [0.717, 1.165) is 10.4 Å². The van der Waals surface area contributed by atoms with Crippen molar-refractivity contribution in [3.63, 3.8) is 0 Å². The van der Waals surface area contributed by atoms with Gasteiger partial charge in [-0.1, -0.05) is 30.3 Å². The van der Waals surface area contributed by atoms with Crippen LogP contribution in [-0.4, -0.2) is 17.7 Å². The molecule has 3 rings (SSSR count). The molecule has 2 N–H and O–H groups in total. The Morgan fingerprint density at radius 3 is 2.50 bits per heavy atom. The van der Waals surface area contributed by atoms with Crippen molar-refractivity contribution in [2.24, 2.45) is 0 Å².